The number of nitrogens with zero attached hydrogens (tertiary/aromatic N) is 1. The highest BCUT2D eigenvalue weighted by Crippen LogP contribution is 2.30. The summed E-state index contributed by atoms with van der Waals surface area (Å²) in [5, 5.41) is 0. The molecule has 1 unspecified atom stereocenters. The minimum absolute atomic E-state index is 0.229. The zero-order valence-corrected chi connectivity index (χ0v) is 15.8. The monoisotopic (exact) mass is 317 g/mol. The molecule has 1 amide bonds. The fraction of sp³-hybridized carbons (Fsp3) is 0.667. The third kappa shape index (κ3) is 6.37. The van der Waals surface area contributed by atoms with E-state index in [1.165, 1.54) is 32.1 Å². The highest BCUT2D eigenvalue weighted by molar-refractivity contribution is 5.73. The second kappa shape index (κ2) is 10.5. The number of carbonyl (C=O) groups is 1. The Morgan fingerprint density at radius 2 is 1.65 bits per heavy atom. The van der Waals surface area contributed by atoms with E-state index in [9.17, 15) is 4.79 Å². The van der Waals surface area contributed by atoms with Crippen molar-refractivity contribution in [1.29, 1.82) is 0 Å². The van der Waals surface area contributed by atoms with Crippen molar-refractivity contribution in [2.75, 3.05) is 13.1 Å². The molecule has 0 N–H and O–H groups in total. The molecular formula is C21H35NO. The first-order valence-electron chi connectivity index (χ1n) is 9.41. The SMILES string of the molecule is CC.CC(=O)N1CCC(C)CC1.CC1CCCc2ccccc21. The first kappa shape index (κ1) is 19.7. The highest BCUT2D eigenvalue weighted by atomic mass is 16.2. The Morgan fingerprint density at radius 1 is 1.04 bits per heavy atom. The van der Waals surface area contributed by atoms with E-state index >= 15 is 0 Å². The van der Waals surface area contributed by atoms with Crippen molar-refractivity contribution in [3.63, 3.8) is 0 Å². The van der Waals surface area contributed by atoms with Gasteiger partial charge in [-0.05, 0) is 55.1 Å². The van der Waals surface area contributed by atoms with Gasteiger partial charge in [-0.2, -0.15) is 0 Å². The Morgan fingerprint density at radius 3 is 2.22 bits per heavy atom. The summed E-state index contributed by atoms with van der Waals surface area (Å²) in [6, 6.07) is 8.85. The number of amides is 1. The Bertz CT molecular complexity index is 461. The van der Waals surface area contributed by atoms with Gasteiger partial charge in [0.25, 0.3) is 0 Å². The number of aryl methyl sites for hydroxylation is 1. The van der Waals surface area contributed by atoms with Gasteiger partial charge in [0.05, 0.1) is 0 Å². The summed E-state index contributed by atoms with van der Waals surface area (Å²) >= 11 is 0. The number of piperidine rings is 1. The van der Waals surface area contributed by atoms with Gasteiger partial charge in [0, 0.05) is 20.0 Å². The van der Waals surface area contributed by atoms with Crippen molar-refractivity contribution in [1.82, 2.24) is 4.90 Å². The molecule has 0 aromatic heterocycles. The lowest BCUT2D eigenvalue weighted by molar-refractivity contribution is -0.130. The zero-order chi connectivity index (χ0) is 17.2. The topological polar surface area (TPSA) is 20.3 Å². The van der Waals surface area contributed by atoms with E-state index in [4.69, 9.17) is 0 Å². The van der Waals surface area contributed by atoms with E-state index in [1.54, 1.807) is 18.1 Å². The van der Waals surface area contributed by atoms with Crippen molar-refractivity contribution in [2.45, 2.75) is 72.6 Å². The van der Waals surface area contributed by atoms with Gasteiger partial charge in [0.15, 0.2) is 0 Å². The number of benzene rings is 1. The average molecular weight is 318 g/mol. The lowest BCUT2D eigenvalue weighted by Gasteiger charge is -2.29. The minimum atomic E-state index is 0.229. The summed E-state index contributed by atoms with van der Waals surface area (Å²) in [6.45, 7) is 12.2. The normalized spacial score (nSPS) is 20.4. The van der Waals surface area contributed by atoms with E-state index in [0.717, 1.165) is 24.9 Å². The van der Waals surface area contributed by atoms with Crippen LogP contribution < -0.4 is 0 Å². The fourth-order valence-corrected chi connectivity index (χ4v) is 3.32. The summed E-state index contributed by atoms with van der Waals surface area (Å²) in [5.74, 6) is 1.84. The number of fused-ring (bicyclic) bond motifs is 1. The van der Waals surface area contributed by atoms with Crippen LogP contribution >= 0.6 is 0 Å². The molecule has 3 rings (SSSR count). The average Bonchev–Trinajstić information content (AvgIpc) is 2.58. The van der Waals surface area contributed by atoms with Crippen molar-refractivity contribution < 1.29 is 4.79 Å². The highest BCUT2D eigenvalue weighted by Gasteiger charge is 2.16. The molecule has 1 heterocycles. The second-order valence-electron chi connectivity index (χ2n) is 6.68. The molecule has 130 valence electrons. The first-order valence-corrected chi connectivity index (χ1v) is 9.41. The fourth-order valence-electron chi connectivity index (χ4n) is 3.32. The van der Waals surface area contributed by atoms with Gasteiger partial charge < -0.3 is 4.90 Å². The van der Waals surface area contributed by atoms with Crippen molar-refractivity contribution in [3.8, 4) is 0 Å². The predicted octanol–water partition coefficient (Wildman–Crippen LogP) is 5.42. The van der Waals surface area contributed by atoms with Gasteiger partial charge in [-0.1, -0.05) is 52.0 Å². The third-order valence-corrected chi connectivity index (χ3v) is 4.90. The number of rotatable bonds is 0. The van der Waals surface area contributed by atoms with Crippen LogP contribution in [0.1, 0.15) is 77.3 Å². The van der Waals surface area contributed by atoms with Crippen LogP contribution in [-0.2, 0) is 11.2 Å². The molecule has 1 aliphatic carbocycles. The van der Waals surface area contributed by atoms with Crippen molar-refractivity contribution in [2.24, 2.45) is 5.92 Å². The Kier molecular flexibility index (Phi) is 8.98. The molecule has 1 aromatic rings. The van der Waals surface area contributed by atoms with Crippen LogP contribution in [-0.4, -0.2) is 23.9 Å². The zero-order valence-electron chi connectivity index (χ0n) is 15.8. The molecule has 0 bridgehead atoms. The van der Waals surface area contributed by atoms with Gasteiger partial charge in [0.2, 0.25) is 5.91 Å². The van der Waals surface area contributed by atoms with Crippen LogP contribution in [0.5, 0.6) is 0 Å². The molecule has 1 aliphatic heterocycles. The third-order valence-electron chi connectivity index (χ3n) is 4.90. The minimum Gasteiger partial charge on any atom is -0.343 e. The number of carbonyl (C=O) groups excluding carboxylic acids is 1. The predicted molar refractivity (Wildman–Crippen MR) is 99.8 cm³/mol. The summed E-state index contributed by atoms with van der Waals surface area (Å²) in [7, 11) is 0. The van der Waals surface area contributed by atoms with Crippen LogP contribution in [0.4, 0.5) is 0 Å². The molecule has 2 aliphatic rings. The van der Waals surface area contributed by atoms with Crippen LogP contribution in [0.3, 0.4) is 0 Å². The maximum atomic E-state index is 10.8. The Hall–Kier alpha value is -1.31. The van der Waals surface area contributed by atoms with Gasteiger partial charge in [0.1, 0.15) is 0 Å². The summed E-state index contributed by atoms with van der Waals surface area (Å²) in [6.07, 6.45) is 6.40. The van der Waals surface area contributed by atoms with Gasteiger partial charge >= 0.3 is 0 Å². The molecular weight excluding hydrogens is 282 g/mol. The van der Waals surface area contributed by atoms with E-state index in [0.29, 0.717) is 0 Å². The molecule has 0 radical (unpaired) electrons. The van der Waals surface area contributed by atoms with Crippen LogP contribution in [0, 0.1) is 5.92 Å². The number of hydrogen-bond acceptors (Lipinski definition) is 1. The summed E-state index contributed by atoms with van der Waals surface area (Å²) in [5.41, 5.74) is 3.16. The lowest BCUT2D eigenvalue weighted by atomic mass is 9.84. The molecule has 2 nitrogen and oxygen atoms in total. The molecule has 0 spiro atoms. The molecule has 2 heteroatoms. The van der Waals surface area contributed by atoms with Crippen LogP contribution in [0.25, 0.3) is 0 Å². The molecule has 1 aromatic carbocycles. The number of hydrogen-bond donors (Lipinski definition) is 0. The Labute approximate surface area is 143 Å². The van der Waals surface area contributed by atoms with Crippen molar-refractivity contribution >= 4 is 5.91 Å². The van der Waals surface area contributed by atoms with E-state index in [1.807, 2.05) is 18.7 Å². The Balaban J connectivity index is 0.000000209. The van der Waals surface area contributed by atoms with E-state index in [-0.39, 0.29) is 5.91 Å². The molecule has 23 heavy (non-hydrogen) atoms. The number of likely N-dealkylation sites (tertiary alicyclic amines) is 1. The smallest absolute Gasteiger partial charge is 0.219 e. The molecule has 1 atom stereocenters. The molecule has 1 saturated heterocycles. The van der Waals surface area contributed by atoms with Crippen molar-refractivity contribution in [3.05, 3.63) is 35.4 Å². The second-order valence-corrected chi connectivity index (χ2v) is 6.68. The van der Waals surface area contributed by atoms with Gasteiger partial charge in [-0.15, -0.1) is 0 Å². The largest absolute Gasteiger partial charge is 0.343 e. The maximum Gasteiger partial charge on any atom is 0.219 e. The maximum absolute atomic E-state index is 10.8. The lowest BCUT2D eigenvalue weighted by Crippen LogP contribution is -2.36. The van der Waals surface area contributed by atoms with Crippen LogP contribution in [0.2, 0.25) is 0 Å². The standard InChI is InChI=1S/C11H14.C8H15NO.C2H6/c1-9-5-4-7-10-6-2-3-8-11(9)10;1-7-3-5-9(6-4-7)8(2)10;1-2/h2-3,6,8-9H,4-5,7H2,1H3;7H,3-6H2,1-2H3;1-2H3. The quantitative estimate of drug-likeness (QED) is 0.626. The van der Waals surface area contributed by atoms with E-state index in [2.05, 4.69) is 38.1 Å². The van der Waals surface area contributed by atoms with Gasteiger partial charge in [-0.3, -0.25) is 4.79 Å². The summed E-state index contributed by atoms with van der Waals surface area (Å²) < 4.78 is 0. The van der Waals surface area contributed by atoms with Crippen LogP contribution in [0.15, 0.2) is 24.3 Å². The molecule has 1 fully saturated rings. The summed E-state index contributed by atoms with van der Waals surface area (Å²) in [4.78, 5) is 12.8. The molecule has 0 saturated carbocycles. The first-order chi connectivity index (χ1) is 11.1. The van der Waals surface area contributed by atoms with E-state index < -0.39 is 0 Å². The van der Waals surface area contributed by atoms with Gasteiger partial charge in [-0.25, -0.2) is 0 Å².